The average molecular weight is 375 g/mol. The van der Waals surface area contributed by atoms with Gasteiger partial charge in [0.15, 0.2) is 11.5 Å². The van der Waals surface area contributed by atoms with Crippen LogP contribution < -0.4 is 10.6 Å². The van der Waals surface area contributed by atoms with Gasteiger partial charge in [0, 0.05) is 17.3 Å². The molecule has 1 saturated carbocycles. The monoisotopic (exact) mass is 375 g/mol. The van der Waals surface area contributed by atoms with Crippen LogP contribution in [0.1, 0.15) is 30.2 Å². The first kappa shape index (κ1) is 17.4. The molecule has 8 heteroatoms. The van der Waals surface area contributed by atoms with Crippen LogP contribution in [0.4, 0.5) is 24.5 Å². The van der Waals surface area contributed by atoms with Gasteiger partial charge in [0.2, 0.25) is 5.91 Å². The van der Waals surface area contributed by atoms with Crippen molar-refractivity contribution in [1.82, 2.24) is 4.98 Å². The Bertz CT molecular complexity index is 993. The highest BCUT2D eigenvalue weighted by Gasteiger charge is 2.30. The Labute approximate surface area is 152 Å². The van der Waals surface area contributed by atoms with E-state index in [9.17, 15) is 18.0 Å². The van der Waals surface area contributed by atoms with E-state index in [1.165, 1.54) is 12.1 Å². The number of carbonyl (C=O) groups is 1. The summed E-state index contributed by atoms with van der Waals surface area (Å²) < 4.78 is 43.8. The second-order valence-electron chi connectivity index (χ2n) is 6.49. The number of rotatable bonds is 5. The lowest BCUT2D eigenvalue weighted by atomic mass is 10.2. The Morgan fingerprint density at radius 1 is 1.15 bits per heavy atom. The number of hydrogen-bond donors (Lipinski definition) is 2. The minimum Gasteiger partial charge on any atom is -0.440 e. The summed E-state index contributed by atoms with van der Waals surface area (Å²) in [5, 5.41) is 5.39. The molecule has 0 unspecified atom stereocenters. The lowest BCUT2D eigenvalue weighted by Crippen LogP contribution is -2.21. The minimum absolute atomic E-state index is 0.161. The number of alkyl halides is 3. The predicted octanol–water partition coefficient (Wildman–Crippen LogP) is 4.77. The molecular weight excluding hydrogens is 359 g/mol. The van der Waals surface area contributed by atoms with Gasteiger partial charge in [-0.05, 0) is 49.2 Å². The molecule has 0 radical (unpaired) electrons. The van der Waals surface area contributed by atoms with E-state index in [4.69, 9.17) is 4.42 Å². The quantitative estimate of drug-likeness (QED) is 0.674. The van der Waals surface area contributed by atoms with Crippen molar-refractivity contribution >= 4 is 28.4 Å². The molecule has 2 N–H and O–H groups in total. The standard InChI is InChI=1S/C19H16F3N3O2/c20-19(21,22)12-2-1-3-13(8-12)23-10-17(26)24-14-6-7-16-15(9-14)25-18(27-16)11-4-5-11/h1-3,6-9,11,23H,4-5,10H2,(H,24,26). The smallest absolute Gasteiger partial charge is 0.416 e. The SMILES string of the molecule is O=C(CNc1cccc(C(F)(F)F)c1)Nc1ccc2oc(C3CC3)nc2c1. The number of halogens is 3. The number of amides is 1. The zero-order chi connectivity index (χ0) is 19.0. The normalized spacial score (nSPS) is 14.3. The molecule has 140 valence electrons. The van der Waals surface area contributed by atoms with E-state index in [0.717, 1.165) is 30.9 Å². The maximum absolute atomic E-state index is 12.7. The van der Waals surface area contributed by atoms with Crippen molar-refractivity contribution in [3.05, 3.63) is 53.9 Å². The van der Waals surface area contributed by atoms with Gasteiger partial charge in [-0.25, -0.2) is 4.98 Å². The van der Waals surface area contributed by atoms with Gasteiger partial charge in [-0.3, -0.25) is 4.79 Å². The molecule has 1 heterocycles. The molecule has 1 amide bonds. The summed E-state index contributed by atoms with van der Waals surface area (Å²) in [6.07, 6.45) is -2.26. The molecule has 0 spiro atoms. The Morgan fingerprint density at radius 2 is 1.96 bits per heavy atom. The molecule has 0 atom stereocenters. The second kappa shape index (κ2) is 6.61. The van der Waals surface area contributed by atoms with Crippen LogP contribution in [0.15, 0.2) is 46.9 Å². The highest BCUT2D eigenvalue weighted by molar-refractivity contribution is 5.95. The summed E-state index contributed by atoms with van der Waals surface area (Å²) in [7, 11) is 0. The van der Waals surface area contributed by atoms with Crippen molar-refractivity contribution in [2.75, 3.05) is 17.2 Å². The number of nitrogens with one attached hydrogen (secondary N) is 2. The fourth-order valence-electron chi connectivity index (χ4n) is 2.72. The van der Waals surface area contributed by atoms with Gasteiger partial charge < -0.3 is 15.1 Å². The zero-order valence-electron chi connectivity index (χ0n) is 14.1. The van der Waals surface area contributed by atoms with Crippen LogP contribution in [-0.4, -0.2) is 17.4 Å². The van der Waals surface area contributed by atoms with E-state index in [2.05, 4.69) is 15.6 Å². The molecule has 27 heavy (non-hydrogen) atoms. The third-order valence-corrected chi connectivity index (χ3v) is 4.26. The summed E-state index contributed by atoms with van der Waals surface area (Å²) in [5.74, 6) is 0.740. The zero-order valence-corrected chi connectivity index (χ0v) is 14.1. The topological polar surface area (TPSA) is 67.2 Å². The van der Waals surface area contributed by atoms with Gasteiger partial charge in [-0.2, -0.15) is 13.2 Å². The van der Waals surface area contributed by atoms with Crippen molar-refractivity contribution in [2.24, 2.45) is 0 Å². The van der Waals surface area contributed by atoms with E-state index in [1.807, 2.05) is 0 Å². The maximum atomic E-state index is 12.7. The first-order valence-corrected chi connectivity index (χ1v) is 8.50. The molecule has 0 saturated heterocycles. The molecule has 0 aliphatic heterocycles. The number of hydrogen-bond acceptors (Lipinski definition) is 4. The molecule has 0 bridgehead atoms. The molecular formula is C19H16F3N3O2. The number of anilines is 2. The number of nitrogens with zero attached hydrogens (tertiary/aromatic N) is 1. The van der Waals surface area contributed by atoms with Crippen LogP contribution >= 0.6 is 0 Å². The van der Waals surface area contributed by atoms with Crippen molar-refractivity contribution in [2.45, 2.75) is 24.9 Å². The number of fused-ring (bicyclic) bond motifs is 1. The average Bonchev–Trinajstić information content (AvgIpc) is 3.39. The third-order valence-electron chi connectivity index (χ3n) is 4.26. The molecule has 4 rings (SSSR count). The molecule has 1 aromatic heterocycles. The van der Waals surface area contributed by atoms with E-state index in [-0.39, 0.29) is 18.1 Å². The lowest BCUT2D eigenvalue weighted by molar-refractivity contribution is -0.137. The number of oxazole rings is 1. The van der Waals surface area contributed by atoms with Gasteiger partial charge in [0.1, 0.15) is 5.52 Å². The van der Waals surface area contributed by atoms with Crippen LogP contribution in [0.2, 0.25) is 0 Å². The molecule has 1 fully saturated rings. The first-order chi connectivity index (χ1) is 12.9. The van der Waals surface area contributed by atoms with Gasteiger partial charge in [0.05, 0.1) is 12.1 Å². The summed E-state index contributed by atoms with van der Waals surface area (Å²) >= 11 is 0. The van der Waals surface area contributed by atoms with E-state index < -0.39 is 11.7 Å². The molecule has 3 aromatic rings. The first-order valence-electron chi connectivity index (χ1n) is 8.50. The van der Waals surface area contributed by atoms with Gasteiger partial charge >= 0.3 is 6.18 Å². The highest BCUT2D eigenvalue weighted by Crippen LogP contribution is 2.40. The lowest BCUT2D eigenvalue weighted by Gasteiger charge is -2.11. The molecule has 1 aliphatic rings. The Balaban J connectivity index is 1.38. The summed E-state index contributed by atoms with van der Waals surface area (Å²) in [4.78, 5) is 16.5. The van der Waals surface area contributed by atoms with Crippen molar-refractivity contribution in [1.29, 1.82) is 0 Å². The highest BCUT2D eigenvalue weighted by atomic mass is 19.4. The third kappa shape index (κ3) is 4.05. The van der Waals surface area contributed by atoms with E-state index >= 15 is 0 Å². The molecule has 2 aromatic carbocycles. The summed E-state index contributed by atoms with van der Waals surface area (Å²) in [6.45, 7) is -0.161. The maximum Gasteiger partial charge on any atom is 0.416 e. The largest absolute Gasteiger partial charge is 0.440 e. The summed E-state index contributed by atoms with van der Waals surface area (Å²) in [5.41, 5.74) is 1.34. The van der Waals surface area contributed by atoms with Crippen molar-refractivity contribution < 1.29 is 22.4 Å². The fourth-order valence-corrected chi connectivity index (χ4v) is 2.72. The fraction of sp³-hybridized carbons (Fsp3) is 0.263. The van der Waals surface area contributed by atoms with Crippen LogP contribution in [0.3, 0.4) is 0 Å². The van der Waals surface area contributed by atoms with Crippen molar-refractivity contribution in [3.8, 4) is 0 Å². The Morgan fingerprint density at radius 3 is 2.70 bits per heavy atom. The van der Waals surface area contributed by atoms with Crippen LogP contribution in [0.5, 0.6) is 0 Å². The van der Waals surface area contributed by atoms with Crippen molar-refractivity contribution in [3.63, 3.8) is 0 Å². The van der Waals surface area contributed by atoms with Crippen LogP contribution in [0, 0.1) is 0 Å². The van der Waals surface area contributed by atoms with Crippen LogP contribution in [0.25, 0.3) is 11.1 Å². The van der Waals surface area contributed by atoms with Gasteiger partial charge in [-0.15, -0.1) is 0 Å². The number of carbonyl (C=O) groups excluding carboxylic acids is 1. The molecule has 1 aliphatic carbocycles. The molecule has 5 nitrogen and oxygen atoms in total. The van der Waals surface area contributed by atoms with E-state index in [0.29, 0.717) is 22.7 Å². The summed E-state index contributed by atoms with van der Waals surface area (Å²) in [6, 6.07) is 9.87. The van der Waals surface area contributed by atoms with Crippen LogP contribution in [-0.2, 0) is 11.0 Å². The predicted molar refractivity (Wildman–Crippen MR) is 94.5 cm³/mol. The number of benzene rings is 2. The van der Waals surface area contributed by atoms with Gasteiger partial charge in [-0.1, -0.05) is 6.07 Å². The van der Waals surface area contributed by atoms with E-state index in [1.54, 1.807) is 18.2 Å². The Kier molecular flexibility index (Phi) is 4.25. The second-order valence-corrected chi connectivity index (χ2v) is 6.49. The number of aromatic nitrogens is 1. The van der Waals surface area contributed by atoms with Gasteiger partial charge in [0.25, 0.3) is 0 Å². The minimum atomic E-state index is -4.42. The Hall–Kier alpha value is -3.03.